The van der Waals surface area contributed by atoms with Crippen LogP contribution in [0.5, 0.6) is 0 Å². The van der Waals surface area contributed by atoms with Crippen molar-refractivity contribution in [1.29, 1.82) is 5.26 Å². The fourth-order valence-corrected chi connectivity index (χ4v) is 3.10. The number of likely N-dealkylation sites (N-methyl/N-ethyl adjacent to an activating group) is 1. The van der Waals surface area contributed by atoms with Crippen molar-refractivity contribution in [2.24, 2.45) is 0 Å². The average Bonchev–Trinajstić information content (AvgIpc) is 2.92. The van der Waals surface area contributed by atoms with E-state index in [1.807, 2.05) is 14.0 Å². The third-order valence-corrected chi connectivity index (χ3v) is 4.84. The Morgan fingerprint density at radius 1 is 1.36 bits per heavy atom. The zero-order chi connectivity index (χ0) is 16.1. The van der Waals surface area contributed by atoms with E-state index in [1.54, 1.807) is 35.6 Å². The molecule has 0 saturated carbocycles. The first kappa shape index (κ1) is 16.2. The van der Waals surface area contributed by atoms with Gasteiger partial charge in [-0.2, -0.15) is 5.26 Å². The summed E-state index contributed by atoms with van der Waals surface area (Å²) >= 11 is 1.73. The lowest BCUT2D eigenvalue weighted by Gasteiger charge is -2.21. The maximum absolute atomic E-state index is 12.3. The number of nitrogens with one attached hydrogen (secondary N) is 2. The lowest BCUT2D eigenvalue weighted by Crippen LogP contribution is -3.12. The van der Waals surface area contributed by atoms with Crippen LogP contribution in [-0.2, 0) is 11.3 Å². The summed E-state index contributed by atoms with van der Waals surface area (Å²) in [7, 11) is 2.03. The van der Waals surface area contributed by atoms with E-state index in [2.05, 4.69) is 29.8 Å². The van der Waals surface area contributed by atoms with E-state index in [0.29, 0.717) is 5.56 Å². The summed E-state index contributed by atoms with van der Waals surface area (Å²) in [5.74, 6) is -0.0172. The molecule has 0 aliphatic heterocycles. The highest BCUT2D eigenvalue weighted by atomic mass is 32.1. The van der Waals surface area contributed by atoms with E-state index in [-0.39, 0.29) is 11.9 Å². The molecule has 0 bridgehead atoms. The number of anilines is 1. The predicted molar refractivity (Wildman–Crippen MR) is 88.9 cm³/mol. The van der Waals surface area contributed by atoms with Gasteiger partial charge >= 0.3 is 0 Å². The number of quaternary nitrogens is 1. The summed E-state index contributed by atoms with van der Waals surface area (Å²) in [6.07, 6.45) is 0. The van der Waals surface area contributed by atoms with Gasteiger partial charge in [0, 0.05) is 5.69 Å². The Morgan fingerprint density at radius 2 is 2.05 bits per heavy atom. The molecule has 0 radical (unpaired) electrons. The summed E-state index contributed by atoms with van der Waals surface area (Å²) in [6.45, 7) is 4.86. The molecule has 4 nitrogen and oxygen atoms in total. The lowest BCUT2D eigenvalue weighted by molar-refractivity contribution is -0.907. The Morgan fingerprint density at radius 3 is 2.59 bits per heavy atom. The molecule has 2 aromatic rings. The van der Waals surface area contributed by atoms with Gasteiger partial charge < -0.3 is 10.2 Å². The summed E-state index contributed by atoms with van der Waals surface area (Å²) in [4.78, 5) is 14.8. The van der Waals surface area contributed by atoms with E-state index in [1.165, 1.54) is 10.4 Å². The molecule has 2 rings (SSSR count). The van der Waals surface area contributed by atoms with Gasteiger partial charge in [-0.1, -0.05) is 0 Å². The van der Waals surface area contributed by atoms with Gasteiger partial charge in [0.15, 0.2) is 6.04 Å². The highest BCUT2D eigenvalue weighted by molar-refractivity contribution is 7.10. The number of amides is 1. The van der Waals surface area contributed by atoms with Gasteiger partial charge in [-0.25, -0.2) is 0 Å². The monoisotopic (exact) mass is 314 g/mol. The molecule has 0 aliphatic rings. The number of hydrogen-bond acceptors (Lipinski definition) is 3. The fraction of sp³-hybridized carbons (Fsp3) is 0.294. The van der Waals surface area contributed by atoms with Crippen LogP contribution in [-0.4, -0.2) is 19.0 Å². The largest absolute Gasteiger partial charge is 0.323 e. The molecule has 22 heavy (non-hydrogen) atoms. The van der Waals surface area contributed by atoms with Crippen LogP contribution < -0.4 is 10.2 Å². The first-order chi connectivity index (χ1) is 10.5. The first-order valence-corrected chi connectivity index (χ1v) is 8.05. The smallest absolute Gasteiger partial charge is 0.282 e. The average molecular weight is 314 g/mol. The van der Waals surface area contributed by atoms with Gasteiger partial charge in [-0.15, -0.1) is 11.3 Å². The van der Waals surface area contributed by atoms with Gasteiger partial charge in [-0.05, 0) is 55.1 Å². The van der Waals surface area contributed by atoms with E-state index < -0.39 is 0 Å². The van der Waals surface area contributed by atoms with Crippen LogP contribution in [0.1, 0.15) is 22.9 Å². The topological polar surface area (TPSA) is 57.3 Å². The highest BCUT2D eigenvalue weighted by Gasteiger charge is 2.22. The number of nitriles is 1. The maximum Gasteiger partial charge on any atom is 0.282 e. The van der Waals surface area contributed by atoms with Crippen molar-refractivity contribution in [3.63, 3.8) is 0 Å². The molecule has 2 atom stereocenters. The van der Waals surface area contributed by atoms with Crippen LogP contribution in [0.3, 0.4) is 0 Å². The van der Waals surface area contributed by atoms with Crippen molar-refractivity contribution in [3.8, 4) is 6.07 Å². The molecule has 5 heteroatoms. The molecule has 1 unspecified atom stereocenters. The molecule has 0 fully saturated rings. The number of benzene rings is 1. The summed E-state index contributed by atoms with van der Waals surface area (Å²) < 4.78 is 0. The van der Waals surface area contributed by atoms with Crippen LogP contribution in [0.2, 0.25) is 0 Å². The zero-order valence-corrected chi connectivity index (χ0v) is 13.8. The van der Waals surface area contributed by atoms with E-state index >= 15 is 0 Å². The third-order valence-electron chi connectivity index (χ3n) is 3.82. The number of rotatable bonds is 5. The second-order valence-electron chi connectivity index (χ2n) is 5.45. The van der Waals surface area contributed by atoms with E-state index in [4.69, 9.17) is 5.26 Å². The van der Waals surface area contributed by atoms with Crippen molar-refractivity contribution in [3.05, 3.63) is 51.7 Å². The number of thiophene rings is 1. The predicted octanol–water partition coefficient (Wildman–Crippen LogP) is 1.97. The van der Waals surface area contributed by atoms with Crippen molar-refractivity contribution in [2.75, 3.05) is 12.4 Å². The van der Waals surface area contributed by atoms with Gasteiger partial charge in [0.2, 0.25) is 0 Å². The van der Waals surface area contributed by atoms with Crippen LogP contribution in [0.15, 0.2) is 35.7 Å². The van der Waals surface area contributed by atoms with E-state index in [9.17, 15) is 4.79 Å². The Balaban J connectivity index is 1.96. The molecular weight excluding hydrogens is 294 g/mol. The molecule has 2 N–H and O–H groups in total. The summed E-state index contributed by atoms with van der Waals surface area (Å²) in [5.41, 5.74) is 2.59. The number of carbonyl (C=O) groups is 1. The summed E-state index contributed by atoms with van der Waals surface area (Å²) in [6, 6.07) is 10.9. The number of carbonyl (C=O) groups excluding carboxylic acids is 1. The molecule has 0 aliphatic carbocycles. The van der Waals surface area contributed by atoms with Crippen molar-refractivity contribution >= 4 is 22.9 Å². The Hall–Kier alpha value is -2.16. The van der Waals surface area contributed by atoms with Crippen LogP contribution in [0.4, 0.5) is 5.69 Å². The number of hydrogen-bond donors (Lipinski definition) is 2. The molecule has 114 valence electrons. The highest BCUT2D eigenvalue weighted by Crippen LogP contribution is 2.14. The Labute approximate surface area is 135 Å². The van der Waals surface area contributed by atoms with E-state index in [0.717, 1.165) is 17.1 Å². The minimum atomic E-state index is -0.155. The van der Waals surface area contributed by atoms with Crippen molar-refractivity contribution in [2.45, 2.75) is 26.4 Å². The molecule has 1 aromatic carbocycles. The Bertz CT molecular complexity index is 685. The standard InChI is InChI=1S/C17H19N3OS/c1-12-8-9-22-16(12)11-20(3)13(2)17(21)19-15-6-4-14(10-18)5-7-15/h4-9,13H,11H2,1-3H3,(H,19,21)/p+1/t13-/m1/s1. The minimum Gasteiger partial charge on any atom is -0.323 e. The molecule has 1 aromatic heterocycles. The van der Waals surface area contributed by atoms with Crippen molar-refractivity contribution < 1.29 is 9.69 Å². The van der Waals surface area contributed by atoms with Crippen LogP contribution in [0, 0.1) is 18.3 Å². The number of nitrogens with zero attached hydrogens (tertiary/aromatic N) is 1. The number of aryl methyl sites for hydroxylation is 1. The second kappa shape index (κ2) is 7.21. The third kappa shape index (κ3) is 3.94. The first-order valence-electron chi connectivity index (χ1n) is 7.17. The SMILES string of the molecule is Cc1ccsc1C[NH+](C)[C@H](C)C(=O)Nc1ccc(C#N)cc1. The van der Waals surface area contributed by atoms with Crippen molar-refractivity contribution in [1.82, 2.24) is 0 Å². The minimum absolute atomic E-state index is 0.0172. The van der Waals surface area contributed by atoms with Gasteiger partial charge in [0.05, 0.1) is 23.6 Å². The van der Waals surface area contributed by atoms with Gasteiger partial charge in [-0.3, -0.25) is 4.79 Å². The molecular formula is C17H20N3OS+. The summed E-state index contributed by atoms with van der Waals surface area (Å²) in [5, 5.41) is 13.8. The second-order valence-corrected chi connectivity index (χ2v) is 6.45. The zero-order valence-electron chi connectivity index (χ0n) is 13.0. The van der Waals surface area contributed by atoms with Gasteiger partial charge in [0.1, 0.15) is 6.54 Å². The lowest BCUT2D eigenvalue weighted by atomic mass is 10.2. The molecule has 1 amide bonds. The fourth-order valence-electron chi connectivity index (χ4n) is 2.09. The Kier molecular flexibility index (Phi) is 5.31. The maximum atomic E-state index is 12.3. The van der Waals surface area contributed by atoms with Crippen LogP contribution in [0.25, 0.3) is 0 Å². The normalized spacial score (nSPS) is 13.2. The van der Waals surface area contributed by atoms with Crippen LogP contribution >= 0.6 is 11.3 Å². The molecule has 1 heterocycles. The quantitative estimate of drug-likeness (QED) is 0.886. The molecule has 0 spiro atoms. The molecule has 0 saturated heterocycles. The van der Waals surface area contributed by atoms with Gasteiger partial charge in [0.25, 0.3) is 5.91 Å².